The summed E-state index contributed by atoms with van der Waals surface area (Å²) >= 11 is 0. The van der Waals surface area contributed by atoms with Crippen molar-refractivity contribution in [2.45, 2.75) is 6.54 Å². The predicted octanol–water partition coefficient (Wildman–Crippen LogP) is 1.90. The molecular formula is C14H11N3O2. The molecule has 0 atom stereocenters. The first-order valence-corrected chi connectivity index (χ1v) is 5.62. The molecular weight excluding hydrogens is 242 g/mol. The average molecular weight is 253 g/mol. The van der Waals surface area contributed by atoms with Crippen LogP contribution >= 0.6 is 0 Å². The Morgan fingerprint density at radius 1 is 1.42 bits per heavy atom. The van der Waals surface area contributed by atoms with Crippen molar-refractivity contribution in [3.63, 3.8) is 0 Å². The Balaban J connectivity index is 2.04. The molecule has 0 saturated heterocycles. The van der Waals surface area contributed by atoms with Gasteiger partial charge in [0.2, 0.25) is 0 Å². The van der Waals surface area contributed by atoms with Crippen molar-refractivity contribution >= 4 is 12.0 Å². The summed E-state index contributed by atoms with van der Waals surface area (Å²) in [4.78, 5) is 15.7. The third-order valence-electron chi connectivity index (χ3n) is 2.39. The number of hydrogen-bond donors (Lipinski definition) is 1. The normalized spacial score (nSPS) is 10.8. The fourth-order valence-electron chi connectivity index (χ4n) is 1.45. The van der Waals surface area contributed by atoms with E-state index in [4.69, 9.17) is 9.68 Å². The maximum atomic E-state index is 11.8. The SMILES string of the molecule is N#C/C(=C\c1ccncc1)C(=O)NCc1ccco1. The molecule has 5 heteroatoms. The van der Waals surface area contributed by atoms with E-state index in [0.29, 0.717) is 5.76 Å². The van der Waals surface area contributed by atoms with E-state index in [0.717, 1.165) is 5.56 Å². The number of hydrogen-bond acceptors (Lipinski definition) is 4. The number of furan rings is 1. The van der Waals surface area contributed by atoms with Crippen LogP contribution < -0.4 is 5.32 Å². The summed E-state index contributed by atoms with van der Waals surface area (Å²) < 4.78 is 5.09. The molecule has 2 aromatic rings. The predicted molar refractivity (Wildman–Crippen MR) is 68.4 cm³/mol. The van der Waals surface area contributed by atoms with Crippen LogP contribution in [-0.2, 0) is 11.3 Å². The Labute approximate surface area is 110 Å². The second-order valence-corrected chi connectivity index (χ2v) is 3.71. The van der Waals surface area contributed by atoms with Crippen molar-refractivity contribution in [1.82, 2.24) is 10.3 Å². The maximum absolute atomic E-state index is 11.8. The molecule has 2 heterocycles. The van der Waals surface area contributed by atoms with Gasteiger partial charge in [0, 0.05) is 12.4 Å². The molecule has 2 aromatic heterocycles. The summed E-state index contributed by atoms with van der Waals surface area (Å²) in [6.45, 7) is 0.251. The molecule has 1 N–H and O–H groups in total. The summed E-state index contributed by atoms with van der Waals surface area (Å²) in [5, 5.41) is 11.6. The highest BCUT2D eigenvalue weighted by Gasteiger charge is 2.09. The molecule has 0 aliphatic rings. The van der Waals surface area contributed by atoms with E-state index in [-0.39, 0.29) is 12.1 Å². The average Bonchev–Trinajstić information content (AvgIpc) is 2.96. The second kappa shape index (κ2) is 6.17. The minimum Gasteiger partial charge on any atom is -0.467 e. The van der Waals surface area contributed by atoms with E-state index in [1.165, 1.54) is 12.3 Å². The summed E-state index contributed by atoms with van der Waals surface area (Å²) in [7, 11) is 0. The van der Waals surface area contributed by atoms with Crippen molar-refractivity contribution in [3.8, 4) is 6.07 Å². The molecule has 0 aliphatic carbocycles. The third kappa shape index (κ3) is 3.54. The molecule has 94 valence electrons. The number of carbonyl (C=O) groups excluding carboxylic acids is 1. The summed E-state index contributed by atoms with van der Waals surface area (Å²) in [5.41, 5.74) is 0.789. The molecule has 1 amide bonds. The van der Waals surface area contributed by atoms with Gasteiger partial charge >= 0.3 is 0 Å². The van der Waals surface area contributed by atoms with Crippen LogP contribution in [-0.4, -0.2) is 10.9 Å². The van der Waals surface area contributed by atoms with Crippen LogP contribution in [0.2, 0.25) is 0 Å². The molecule has 0 saturated carbocycles. The highest BCUT2D eigenvalue weighted by Crippen LogP contribution is 2.06. The van der Waals surface area contributed by atoms with Gasteiger partial charge in [-0.2, -0.15) is 5.26 Å². The zero-order valence-corrected chi connectivity index (χ0v) is 10.0. The Hall–Kier alpha value is -2.87. The molecule has 0 aliphatic heterocycles. The minimum absolute atomic E-state index is 0.0396. The number of amides is 1. The molecule has 0 bridgehead atoms. The van der Waals surface area contributed by atoms with Crippen molar-refractivity contribution in [2.75, 3.05) is 0 Å². The first kappa shape index (κ1) is 12.6. The lowest BCUT2D eigenvalue weighted by Crippen LogP contribution is -2.23. The number of rotatable bonds is 4. The molecule has 5 nitrogen and oxygen atoms in total. The van der Waals surface area contributed by atoms with E-state index in [1.54, 1.807) is 36.7 Å². The Morgan fingerprint density at radius 2 is 2.21 bits per heavy atom. The van der Waals surface area contributed by atoms with Crippen LogP contribution in [0.15, 0.2) is 52.9 Å². The fourth-order valence-corrected chi connectivity index (χ4v) is 1.45. The van der Waals surface area contributed by atoms with Gasteiger partial charge in [-0.15, -0.1) is 0 Å². The zero-order chi connectivity index (χ0) is 13.5. The van der Waals surface area contributed by atoms with Gasteiger partial charge in [-0.3, -0.25) is 9.78 Å². The van der Waals surface area contributed by atoms with Crippen LogP contribution in [0.5, 0.6) is 0 Å². The molecule has 2 rings (SSSR count). The summed E-state index contributed by atoms with van der Waals surface area (Å²) in [6, 6.07) is 8.80. The van der Waals surface area contributed by atoms with Crippen LogP contribution in [0.3, 0.4) is 0 Å². The number of aromatic nitrogens is 1. The van der Waals surface area contributed by atoms with Crippen LogP contribution in [0, 0.1) is 11.3 Å². The van der Waals surface area contributed by atoms with Gasteiger partial charge < -0.3 is 9.73 Å². The van der Waals surface area contributed by atoms with Crippen molar-refractivity contribution < 1.29 is 9.21 Å². The second-order valence-electron chi connectivity index (χ2n) is 3.71. The van der Waals surface area contributed by atoms with E-state index < -0.39 is 5.91 Å². The first-order chi connectivity index (χ1) is 9.29. The lowest BCUT2D eigenvalue weighted by molar-refractivity contribution is -0.117. The third-order valence-corrected chi connectivity index (χ3v) is 2.39. The van der Waals surface area contributed by atoms with Gasteiger partial charge in [-0.25, -0.2) is 0 Å². The van der Waals surface area contributed by atoms with Gasteiger partial charge in [-0.1, -0.05) is 0 Å². The topological polar surface area (TPSA) is 78.9 Å². The van der Waals surface area contributed by atoms with Crippen LogP contribution in [0.25, 0.3) is 6.08 Å². The monoisotopic (exact) mass is 253 g/mol. The van der Waals surface area contributed by atoms with Crippen molar-refractivity contribution in [3.05, 3.63) is 59.8 Å². The molecule has 0 aromatic carbocycles. The number of carbonyl (C=O) groups is 1. The maximum Gasteiger partial charge on any atom is 0.262 e. The van der Waals surface area contributed by atoms with E-state index in [9.17, 15) is 4.79 Å². The first-order valence-electron chi connectivity index (χ1n) is 5.62. The molecule has 0 spiro atoms. The summed E-state index contributed by atoms with van der Waals surface area (Å²) in [5.74, 6) is 0.199. The Morgan fingerprint density at radius 3 is 2.84 bits per heavy atom. The Bertz CT molecular complexity index is 610. The van der Waals surface area contributed by atoms with Gasteiger partial charge in [0.15, 0.2) is 0 Å². The summed E-state index contributed by atoms with van der Waals surface area (Å²) in [6.07, 6.45) is 6.24. The Kier molecular flexibility index (Phi) is 4.09. The number of nitriles is 1. The van der Waals surface area contributed by atoms with E-state index in [2.05, 4.69) is 10.3 Å². The van der Waals surface area contributed by atoms with Gasteiger partial charge in [-0.05, 0) is 35.9 Å². The van der Waals surface area contributed by atoms with Crippen molar-refractivity contribution in [2.24, 2.45) is 0 Å². The standard InChI is InChI=1S/C14H11N3O2/c15-9-12(8-11-3-5-16-6-4-11)14(18)17-10-13-2-1-7-19-13/h1-8H,10H2,(H,17,18)/b12-8+. The molecule has 0 radical (unpaired) electrons. The zero-order valence-electron chi connectivity index (χ0n) is 10.0. The largest absolute Gasteiger partial charge is 0.467 e. The lowest BCUT2D eigenvalue weighted by Gasteiger charge is -2.01. The van der Waals surface area contributed by atoms with E-state index >= 15 is 0 Å². The fraction of sp³-hybridized carbons (Fsp3) is 0.0714. The molecule has 0 fully saturated rings. The molecule has 0 unspecified atom stereocenters. The van der Waals surface area contributed by atoms with Crippen molar-refractivity contribution in [1.29, 1.82) is 5.26 Å². The van der Waals surface area contributed by atoms with Gasteiger partial charge in [0.25, 0.3) is 5.91 Å². The van der Waals surface area contributed by atoms with Crippen LogP contribution in [0.1, 0.15) is 11.3 Å². The number of pyridine rings is 1. The van der Waals surface area contributed by atoms with Crippen LogP contribution in [0.4, 0.5) is 0 Å². The smallest absolute Gasteiger partial charge is 0.262 e. The quantitative estimate of drug-likeness (QED) is 0.666. The lowest BCUT2D eigenvalue weighted by atomic mass is 10.1. The minimum atomic E-state index is -0.435. The van der Waals surface area contributed by atoms with Gasteiger partial charge in [0.1, 0.15) is 17.4 Å². The molecule has 19 heavy (non-hydrogen) atoms. The number of nitrogens with one attached hydrogen (secondary N) is 1. The van der Waals surface area contributed by atoms with Gasteiger partial charge in [0.05, 0.1) is 12.8 Å². The van der Waals surface area contributed by atoms with E-state index in [1.807, 2.05) is 6.07 Å². The number of nitrogens with zero attached hydrogens (tertiary/aromatic N) is 2. The highest BCUT2D eigenvalue weighted by atomic mass is 16.3. The highest BCUT2D eigenvalue weighted by molar-refractivity contribution is 6.01.